The van der Waals surface area contributed by atoms with E-state index in [9.17, 15) is 9.59 Å². The van der Waals surface area contributed by atoms with E-state index in [0.717, 1.165) is 23.1 Å². The van der Waals surface area contributed by atoms with Crippen LogP contribution in [0.15, 0.2) is 94.4 Å². The summed E-state index contributed by atoms with van der Waals surface area (Å²) in [6.07, 6.45) is 2.19. The average molecular weight is 512 g/mol. The van der Waals surface area contributed by atoms with E-state index in [-0.39, 0.29) is 17.6 Å². The number of halogens is 1. The average Bonchev–Trinajstić information content (AvgIpc) is 3.27. The quantitative estimate of drug-likeness (QED) is 0.290. The topological polar surface area (TPSA) is 83.7 Å². The van der Waals surface area contributed by atoms with Crippen molar-refractivity contribution in [2.24, 2.45) is 5.10 Å². The SMILES string of the molecule is Cc1c(C(=O)Nc2ccc(Cl)cc2)oc2c1/C(=N/NC(=O)C(c1ccccc1)c1ccccc1)CCC2. The van der Waals surface area contributed by atoms with E-state index in [1.165, 1.54) is 0 Å². The zero-order valence-corrected chi connectivity index (χ0v) is 21.1. The standard InChI is InChI=1S/C30H26ClN3O3/c1-19-26-24(13-8-14-25(26)37-28(19)30(36)32-23-17-15-22(31)16-18-23)33-34-29(35)27(20-9-4-2-5-10-20)21-11-6-3-7-12-21/h2-7,9-12,15-18,27H,8,13-14H2,1H3,(H,32,36)(H,34,35)/b33-24+. The number of nitrogens with one attached hydrogen (secondary N) is 2. The van der Waals surface area contributed by atoms with E-state index in [0.29, 0.717) is 40.6 Å². The molecule has 7 heteroatoms. The lowest BCUT2D eigenvalue weighted by Gasteiger charge is -2.18. The number of amides is 2. The van der Waals surface area contributed by atoms with E-state index in [4.69, 9.17) is 16.0 Å². The predicted molar refractivity (Wildman–Crippen MR) is 145 cm³/mol. The van der Waals surface area contributed by atoms with Gasteiger partial charge in [0.15, 0.2) is 5.76 Å². The number of anilines is 1. The van der Waals surface area contributed by atoms with Crippen molar-refractivity contribution in [1.29, 1.82) is 0 Å². The number of aryl methyl sites for hydroxylation is 1. The number of rotatable bonds is 6. The van der Waals surface area contributed by atoms with Crippen molar-refractivity contribution in [1.82, 2.24) is 5.43 Å². The molecule has 37 heavy (non-hydrogen) atoms. The molecule has 0 bridgehead atoms. The lowest BCUT2D eigenvalue weighted by atomic mass is 9.90. The Morgan fingerprint density at radius 3 is 2.14 bits per heavy atom. The predicted octanol–water partition coefficient (Wildman–Crippen LogP) is 6.48. The largest absolute Gasteiger partial charge is 0.455 e. The first-order valence-corrected chi connectivity index (χ1v) is 12.5. The van der Waals surface area contributed by atoms with E-state index < -0.39 is 5.92 Å². The summed E-state index contributed by atoms with van der Waals surface area (Å²) in [6, 6.07) is 26.2. The van der Waals surface area contributed by atoms with Crippen LogP contribution in [0, 0.1) is 6.92 Å². The molecule has 0 saturated heterocycles. The normalized spacial score (nSPS) is 13.9. The van der Waals surface area contributed by atoms with Gasteiger partial charge in [0.2, 0.25) is 0 Å². The van der Waals surface area contributed by atoms with Gasteiger partial charge in [0, 0.05) is 28.3 Å². The van der Waals surface area contributed by atoms with Gasteiger partial charge in [0.1, 0.15) is 5.76 Å². The molecule has 3 aromatic carbocycles. The molecule has 0 radical (unpaired) electrons. The van der Waals surface area contributed by atoms with Gasteiger partial charge in [0.25, 0.3) is 11.8 Å². The van der Waals surface area contributed by atoms with Gasteiger partial charge in [-0.1, -0.05) is 72.3 Å². The molecular formula is C30H26ClN3O3. The molecule has 1 aromatic heterocycles. The Balaban J connectivity index is 1.40. The molecule has 0 saturated carbocycles. The Morgan fingerprint density at radius 1 is 0.892 bits per heavy atom. The van der Waals surface area contributed by atoms with E-state index in [1.807, 2.05) is 67.6 Å². The van der Waals surface area contributed by atoms with Gasteiger partial charge < -0.3 is 9.73 Å². The summed E-state index contributed by atoms with van der Waals surface area (Å²) in [5, 5.41) is 7.98. The van der Waals surface area contributed by atoms with Gasteiger partial charge in [0.05, 0.1) is 11.6 Å². The lowest BCUT2D eigenvalue weighted by molar-refractivity contribution is -0.121. The van der Waals surface area contributed by atoms with Crippen LogP contribution in [0.4, 0.5) is 5.69 Å². The Bertz CT molecular complexity index is 1410. The minimum Gasteiger partial charge on any atom is -0.455 e. The molecular weight excluding hydrogens is 486 g/mol. The van der Waals surface area contributed by atoms with Gasteiger partial charge in [-0.2, -0.15) is 5.10 Å². The molecule has 0 aliphatic heterocycles. The van der Waals surface area contributed by atoms with Crippen LogP contribution >= 0.6 is 11.6 Å². The molecule has 0 unspecified atom stereocenters. The van der Waals surface area contributed by atoms with Crippen LogP contribution < -0.4 is 10.7 Å². The minimum atomic E-state index is -0.499. The number of benzene rings is 3. The van der Waals surface area contributed by atoms with Crippen molar-refractivity contribution >= 4 is 34.8 Å². The number of hydrazone groups is 1. The summed E-state index contributed by atoms with van der Waals surface area (Å²) < 4.78 is 5.99. The van der Waals surface area contributed by atoms with Crippen molar-refractivity contribution in [2.45, 2.75) is 32.1 Å². The summed E-state index contributed by atoms with van der Waals surface area (Å²) in [4.78, 5) is 26.4. The monoisotopic (exact) mass is 511 g/mol. The summed E-state index contributed by atoms with van der Waals surface area (Å²) >= 11 is 5.94. The zero-order chi connectivity index (χ0) is 25.8. The number of carbonyl (C=O) groups excluding carboxylic acids is 2. The van der Waals surface area contributed by atoms with E-state index in [1.54, 1.807) is 24.3 Å². The summed E-state index contributed by atoms with van der Waals surface area (Å²) in [6.45, 7) is 1.85. The molecule has 5 rings (SSSR count). The van der Waals surface area contributed by atoms with E-state index in [2.05, 4.69) is 15.8 Å². The van der Waals surface area contributed by atoms with Crippen LogP contribution in [0.2, 0.25) is 5.02 Å². The molecule has 186 valence electrons. The number of carbonyl (C=O) groups is 2. The Hall–Kier alpha value is -4.16. The first kappa shape index (κ1) is 24.5. The molecule has 6 nitrogen and oxygen atoms in total. The fourth-order valence-corrected chi connectivity index (χ4v) is 4.82. The maximum atomic E-state index is 13.4. The maximum absolute atomic E-state index is 13.4. The number of furan rings is 1. The first-order valence-electron chi connectivity index (χ1n) is 12.2. The molecule has 1 heterocycles. The van der Waals surface area contributed by atoms with Crippen LogP contribution in [0.3, 0.4) is 0 Å². The van der Waals surface area contributed by atoms with Crippen LogP contribution in [0.5, 0.6) is 0 Å². The second-order valence-electron chi connectivity index (χ2n) is 8.96. The number of hydrogen-bond acceptors (Lipinski definition) is 4. The molecule has 1 aliphatic rings. The molecule has 0 spiro atoms. The van der Waals surface area contributed by atoms with Crippen molar-refractivity contribution < 1.29 is 14.0 Å². The molecule has 2 amide bonds. The van der Waals surface area contributed by atoms with Crippen molar-refractivity contribution in [3.63, 3.8) is 0 Å². The highest BCUT2D eigenvalue weighted by molar-refractivity contribution is 6.30. The number of fused-ring (bicyclic) bond motifs is 1. The lowest BCUT2D eigenvalue weighted by Crippen LogP contribution is -2.28. The highest BCUT2D eigenvalue weighted by Crippen LogP contribution is 2.31. The third-order valence-corrected chi connectivity index (χ3v) is 6.72. The van der Waals surface area contributed by atoms with Gasteiger partial charge in [-0.3, -0.25) is 9.59 Å². The number of nitrogens with zero attached hydrogens (tertiary/aromatic N) is 1. The first-order chi connectivity index (χ1) is 18.0. The van der Waals surface area contributed by atoms with Crippen LogP contribution in [-0.2, 0) is 11.2 Å². The van der Waals surface area contributed by atoms with Crippen LogP contribution in [0.25, 0.3) is 0 Å². The van der Waals surface area contributed by atoms with Crippen LogP contribution in [0.1, 0.15) is 57.3 Å². The molecule has 2 N–H and O–H groups in total. The van der Waals surface area contributed by atoms with Gasteiger partial charge in [-0.05, 0) is 55.2 Å². The Labute approximate surface area is 220 Å². The smallest absolute Gasteiger partial charge is 0.291 e. The second kappa shape index (κ2) is 10.8. The molecule has 1 aliphatic carbocycles. The Morgan fingerprint density at radius 2 is 1.51 bits per heavy atom. The zero-order valence-electron chi connectivity index (χ0n) is 20.3. The fraction of sp³-hybridized carbons (Fsp3) is 0.167. The van der Waals surface area contributed by atoms with Gasteiger partial charge >= 0.3 is 0 Å². The fourth-order valence-electron chi connectivity index (χ4n) is 4.69. The molecule has 0 fully saturated rings. The summed E-state index contributed by atoms with van der Waals surface area (Å²) in [7, 11) is 0. The third-order valence-electron chi connectivity index (χ3n) is 6.46. The second-order valence-corrected chi connectivity index (χ2v) is 9.39. The van der Waals surface area contributed by atoms with Gasteiger partial charge in [-0.15, -0.1) is 0 Å². The van der Waals surface area contributed by atoms with Crippen molar-refractivity contribution in [3.8, 4) is 0 Å². The minimum absolute atomic E-state index is 0.223. The number of hydrogen-bond donors (Lipinski definition) is 2. The third kappa shape index (κ3) is 5.34. The van der Waals surface area contributed by atoms with Crippen LogP contribution in [-0.4, -0.2) is 17.5 Å². The summed E-state index contributed by atoms with van der Waals surface area (Å²) in [5.41, 5.74) is 7.40. The molecule has 4 aromatic rings. The van der Waals surface area contributed by atoms with Crippen molar-refractivity contribution in [3.05, 3.63) is 124 Å². The van der Waals surface area contributed by atoms with E-state index >= 15 is 0 Å². The van der Waals surface area contributed by atoms with Gasteiger partial charge in [-0.25, -0.2) is 5.43 Å². The maximum Gasteiger partial charge on any atom is 0.291 e. The molecule has 0 atom stereocenters. The Kier molecular flexibility index (Phi) is 7.19. The highest BCUT2D eigenvalue weighted by atomic mass is 35.5. The summed E-state index contributed by atoms with van der Waals surface area (Å²) in [5.74, 6) is -0.112. The highest BCUT2D eigenvalue weighted by Gasteiger charge is 2.29. The van der Waals surface area contributed by atoms with Crippen molar-refractivity contribution in [2.75, 3.05) is 5.32 Å².